The molecule has 0 bridgehead atoms. The van der Waals surface area contributed by atoms with Crippen LogP contribution >= 0.6 is 11.8 Å². The topological polar surface area (TPSA) is 87.5 Å². The molecule has 0 saturated carbocycles. The average Bonchev–Trinajstić information content (AvgIpc) is 3.03. The van der Waals surface area contributed by atoms with Crippen LogP contribution in [0.2, 0.25) is 0 Å². The zero-order chi connectivity index (χ0) is 15.4. The molecule has 2 heterocycles. The summed E-state index contributed by atoms with van der Waals surface area (Å²) in [4.78, 5) is 25.1. The number of urea groups is 1. The molecular weight excluding hydrogens is 292 g/mol. The second-order valence-corrected chi connectivity index (χ2v) is 6.19. The van der Waals surface area contributed by atoms with E-state index in [4.69, 9.17) is 0 Å². The fourth-order valence-corrected chi connectivity index (χ4v) is 3.82. The number of amides is 2. The highest BCUT2D eigenvalue weighted by Crippen LogP contribution is 2.32. The Hall–Kier alpha value is -1.70. The van der Waals surface area contributed by atoms with Crippen LogP contribution in [-0.2, 0) is 18.4 Å². The number of rotatable bonds is 5. The first kappa shape index (κ1) is 15.7. The summed E-state index contributed by atoms with van der Waals surface area (Å²) in [5, 5.41) is 16.1. The van der Waals surface area contributed by atoms with Gasteiger partial charge >= 0.3 is 12.0 Å². The van der Waals surface area contributed by atoms with E-state index in [0.29, 0.717) is 12.3 Å². The lowest BCUT2D eigenvalue weighted by atomic mass is 10.2. The maximum absolute atomic E-state index is 12.3. The number of carbonyl (C=O) groups excluding carboxylic acids is 1. The van der Waals surface area contributed by atoms with E-state index in [1.54, 1.807) is 17.9 Å². The number of carbonyl (C=O) groups is 2. The predicted octanol–water partition coefficient (Wildman–Crippen LogP) is 1.26. The zero-order valence-corrected chi connectivity index (χ0v) is 13.0. The SMILES string of the molecule is CCCC1SCC(C(=O)O)N1C(=O)NCc1ccn(C)n1. The lowest BCUT2D eigenvalue weighted by Gasteiger charge is -2.27. The third-order valence-corrected chi connectivity index (χ3v) is 4.69. The maximum Gasteiger partial charge on any atom is 0.327 e. The largest absolute Gasteiger partial charge is 0.480 e. The van der Waals surface area contributed by atoms with Gasteiger partial charge in [-0.05, 0) is 12.5 Å². The van der Waals surface area contributed by atoms with Crippen molar-refractivity contribution in [2.24, 2.45) is 7.05 Å². The van der Waals surface area contributed by atoms with Crippen LogP contribution in [0.4, 0.5) is 4.79 Å². The molecule has 2 amide bonds. The van der Waals surface area contributed by atoms with Gasteiger partial charge in [-0.25, -0.2) is 9.59 Å². The molecule has 1 fully saturated rings. The van der Waals surface area contributed by atoms with Crippen LogP contribution in [-0.4, -0.2) is 49.0 Å². The van der Waals surface area contributed by atoms with Crippen LogP contribution < -0.4 is 5.32 Å². The van der Waals surface area contributed by atoms with Gasteiger partial charge in [0.15, 0.2) is 0 Å². The number of nitrogens with one attached hydrogen (secondary N) is 1. The first-order chi connectivity index (χ1) is 10.0. The predicted molar refractivity (Wildman–Crippen MR) is 79.9 cm³/mol. The fraction of sp³-hybridized carbons (Fsp3) is 0.615. The Morgan fingerprint density at radius 2 is 2.33 bits per heavy atom. The Labute approximate surface area is 127 Å². The highest BCUT2D eigenvalue weighted by Gasteiger charge is 2.41. The molecule has 2 rings (SSSR count). The van der Waals surface area contributed by atoms with E-state index in [-0.39, 0.29) is 11.4 Å². The van der Waals surface area contributed by atoms with E-state index in [9.17, 15) is 14.7 Å². The molecule has 21 heavy (non-hydrogen) atoms. The molecule has 8 heteroatoms. The minimum Gasteiger partial charge on any atom is -0.480 e. The van der Waals surface area contributed by atoms with E-state index in [2.05, 4.69) is 10.4 Å². The van der Waals surface area contributed by atoms with Crippen LogP contribution in [0.1, 0.15) is 25.5 Å². The number of hydrogen-bond donors (Lipinski definition) is 2. The van der Waals surface area contributed by atoms with Gasteiger partial charge in [-0.15, -0.1) is 11.8 Å². The summed E-state index contributed by atoms with van der Waals surface area (Å²) >= 11 is 1.53. The smallest absolute Gasteiger partial charge is 0.327 e. The van der Waals surface area contributed by atoms with Crippen molar-refractivity contribution in [2.75, 3.05) is 5.75 Å². The Balaban J connectivity index is 2.00. The quantitative estimate of drug-likeness (QED) is 0.854. The molecule has 1 aromatic heterocycles. The molecular formula is C13H20N4O3S. The van der Waals surface area contributed by atoms with Crippen LogP contribution in [0.3, 0.4) is 0 Å². The molecule has 1 saturated heterocycles. The Morgan fingerprint density at radius 1 is 1.57 bits per heavy atom. The first-order valence-corrected chi connectivity index (χ1v) is 7.97. The number of aromatic nitrogens is 2. The van der Waals surface area contributed by atoms with Crippen molar-refractivity contribution in [1.82, 2.24) is 20.0 Å². The van der Waals surface area contributed by atoms with E-state index in [1.165, 1.54) is 16.7 Å². The van der Waals surface area contributed by atoms with E-state index >= 15 is 0 Å². The average molecular weight is 312 g/mol. The number of aliphatic carboxylic acids is 1. The Bertz CT molecular complexity index is 519. The van der Waals surface area contributed by atoms with Gasteiger partial charge in [0, 0.05) is 19.0 Å². The molecule has 116 valence electrons. The van der Waals surface area contributed by atoms with Crippen molar-refractivity contribution in [2.45, 2.75) is 37.7 Å². The highest BCUT2D eigenvalue weighted by atomic mass is 32.2. The monoisotopic (exact) mass is 312 g/mol. The number of aryl methyl sites for hydroxylation is 1. The molecule has 0 radical (unpaired) electrons. The number of nitrogens with zero attached hydrogens (tertiary/aromatic N) is 3. The summed E-state index contributed by atoms with van der Waals surface area (Å²) < 4.78 is 1.66. The van der Waals surface area contributed by atoms with Gasteiger partial charge in [0.25, 0.3) is 0 Å². The molecule has 2 unspecified atom stereocenters. The van der Waals surface area contributed by atoms with E-state index < -0.39 is 12.0 Å². The molecule has 7 nitrogen and oxygen atoms in total. The van der Waals surface area contributed by atoms with Crippen molar-refractivity contribution >= 4 is 23.8 Å². The lowest BCUT2D eigenvalue weighted by Crippen LogP contribution is -2.50. The zero-order valence-electron chi connectivity index (χ0n) is 12.2. The van der Waals surface area contributed by atoms with Gasteiger partial charge in [0.1, 0.15) is 6.04 Å². The molecule has 2 atom stereocenters. The summed E-state index contributed by atoms with van der Waals surface area (Å²) in [6.45, 7) is 2.32. The van der Waals surface area contributed by atoms with Gasteiger partial charge in [-0.2, -0.15) is 5.10 Å². The molecule has 2 N–H and O–H groups in total. The molecule has 1 aliphatic heterocycles. The van der Waals surface area contributed by atoms with Crippen molar-refractivity contribution in [3.63, 3.8) is 0 Å². The summed E-state index contributed by atoms with van der Waals surface area (Å²) in [7, 11) is 1.81. The van der Waals surface area contributed by atoms with Gasteiger partial charge in [0.2, 0.25) is 0 Å². The molecule has 0 aromatic carbocycles. The van der Waals surface area contributed by atoms with Crippen LogP contribution in [0.15, 0.2) is 12.3 Å². The summed E-state index contributed by atoms with van der Waals surface area (Å²) in [6.07, 6.45) is 3.51. The van der Waals surface area contributed by atoms with Crippen LogP contribution in [0, 0.1) is 0 Å². The van der Waals surface area contributed by atoms with Crippen molar-refractivity contribution in [3.8, 4) is 0 Å². The van der Waals surface area contributed by atoms with Crippen molar-refractivity contribution in [3.05, 3.63) is 18.0 Å². The summed E-state index contributed by atoms with van der Waals surface area (Å²) in [5.41, 5.74) is 0.747. The van der Waals surface area contributed by atoms with Crippen LogP contribution in [0.5, 0.6) is 0 Å². The number of thioether (sulfide) groups is 1. The molecule has 0 spiro atoms. The molecule has 0 aliphatic carbocycles. The summed E-state index contributed by atoms with van der Waals surface area (Å²) in [6, 6.07) is 0.726. The first-order valence-electron chi connectivity index (χ1n) is 6.92. The van der Waals surface area contributed by atoms with Gasteiger partial charge in [0.05, 0.1) is 17.6 Å². The van der Waals surface area contributed by atoms with Crippen molar-refractivity contribution < 1.29 is 14.7 Å². The number of carboxylic acid groups (broad SMARTS) is 1. The second kappa shape index (κ2) is 6.84. The third-order valence-electron chi connectivity index (χ3n) is 3.34. The lowest BCUT2D eigenvalue weighted by molar-refractivity contribution is -0.141. The minimum absolute atomic E-state index is 0.0696. The normalized spacial score (nSPS) is 21.5. The van der Waals surface area contributed by atoms with Gasteiger partial charge < -0.3 is 10.4 Å². The third kappa shape index (κ3) is 3.69. The molecule has 1 aromatic rings. The Kier molecular flexibility index (Phi) is 5.11. The second-order valence-electron chi connectivity index (χ2n) is 4.98. The standard InChI is InChI=1S/C13H20N4O3S/c1-3-4-11-17(10(8-21-11)12(18)19)13(20)14-7-9-5-6-16(2)15-9/h5-6,10-11H,3-4,7-8H2,1-2H3,(H,14,20)(H,18,19). The Morgan fingerprint density at radius 3 is 2.90 bits per heavy atom. The van der Waals surface area contributed by atoms with E-state index in [0.717, 1.165) is 18.5 Å². The number of carboxylic acids is 1. The minimum atomic E-state index is -0.950. The van der Waals surface area contributed by atoms with Gasteiger partial charge in [-0.3, -0.25) is 9.58 Å². The maximum atomic E-state index is 12.3. The highest BCUT2D eigenvalue weighted by molar-refractivity contribution is 8.00. The van der Waals surface area contributed by atoms with E-state index in [1.807, 2.05) is 13.0 Å². The fourth-order valence-electron chi connectivity index (χ4n) is 2.31. The summed E-state index contributed by atoms with van der Waals surface area (Å²) in [5.74, 6) is -0.508. The number of hydrogen-bond acceptors (Lipinski definition) is 4. The van der Waals surface area contributed by atoms with Gasteiger partial charge in [-0.1, -0.05) is 13.3 Å². The van der Waals surface area contributed by atoms with Crippen LogP contribution in [0.25, 0.3) is 0 Å². The van der Waals surface area contributed by atoms with Crippen molar-refractivity contribution in [1.29, 1.82) is 0 Å². The molecule has 1 aliphatic rings.